The molecule has 0 spiro atoms. The van der Waals surface area contributed by atoms with Gasteiger partial charge in [0, 0.05) is 11.6 Å². The molecule has 1 heterocycles. The minimum atomic E-state index is -0.0865. The molecule has 0 saturated heterocycles. The summed E-state index contributed by atoms with van der Waals surface area (Å²) < 4.78 is 0. The van der Waals surface area contributed by atoms with Gasteiger partial charge in [0.25, 0.3) is 0 Å². The SMILES string of the molecule is Cc1ccc(C)c(CC(N)c2nccc3ccccc23)c1. The Morgan fingerprint density at radius 3 is 2.71 bits per heavy atom. The molecular weight excluding hydrogens is 256 g/mol. The van der Waals surface area contributed by atoms with Crippen molar-refractivity contribution in [2.75, 3.05) is 0 Å². The summed E-state index contributed by atoms with van der Waals surface area (Å²) in [7, 11) is 0. The van der Waals surface area contributed by atoms with Crippen LogP contribution in [-0.4, -0.2) is 4.98 Å². The van der Waals surface area contributed by atoms with Crippen LogP contribution in [-0.2, 0) is 6.42 Å². The molecule has 0 radical (unpaired) electrons. The van der Waals surface area contributed by atoms with E-state index in [1.807, 2.05) is 24.4 Å². The molecule has 0 fully saturated rings. The molecule has 1 aromatic heterocycles. The van der Waals surface area contributed by atoms with Crippen molar-refractivity contribution < 1.29 is 0 Å². The van der Waals surface area contributed by atoms with Gasteiger partial charge in [0.1, 0.15) is 0 Å². The van der Waals surface area contributed by atoms with Crippen molar-refractivity contribution in [1.29, 1.82) is 0 Å². The molecule has 0 amide bonds. The molecule has 0 saturated carbocycles. The Kier molecular flexibility index (Phi) is 3.72. The van der Waals surface area contributed by atoms with Gasteiger partial charge in [0.15, 0.2) is 0 Å². The maximum atomic E-state index is 6.45. The van der Waals surface area contributed by atoms with Crippen LogP contribution in [0.1, 0.15) is 28.4 Å². The van der Waals surface area contributed by atoms with Gasteiger partial charge >= 0.3 is 0 Å². The first-order valence-electron chi connectivity index (χ1n) is 7.30. The minimum absolute atomic E-state index is 0.0865. The molecule has 2 aromatic carbocycles. The van der Waals surface area contributed by atoms with E-state index in [0.717, 1.165) is 17.5 Å². The molecule has 0 aliphatic carbocycles. The first-order chi connectivity index (χ1) is 10.1. The summed E-state index contributed by atoms with van der Waals surface area (Å²) >= 11 is 0. The zero-order chi connectivity index (χ0) is 14.8. The average molecular weight is 276 g/mol. The second-order valence-corrected chi connectivity index (χ2v) is 5.66. The van der Waals surface area contributed by atoms with Crippen molar-refractivity contribution in [3.05, 3.63) is 77.1 Å². The maximum absolute atomic E-state index is 6.45. The van der Waals surface area contributed by atoms with E-state index in [9.17, 15) is 0 Å². The fourth-order valence-corrected chi connectivity index (χ4v) is 2.79. The lowest BCUT2D eigenvalue weighted by Crippen LogP contribution is -2.16. The topological polar surface area (TPSA) is 38.9 Å². The highest BCUT2D eigenvalue weighted by Crippen LogP contribution is 2.24. The van der Waals surface area contributed by atoms with Crippen LogP contribution >= 0.6 is 0 Å². The van der Waals surface area contributed by atoms with E-state index in [1.54, 1.807) is 0 Å². The lowest BCUT2D eigenvalue weighted by atomic mass is 9.96. The van der Waals surface area contributed by atoms with Gasteiger partial charge in [-0.25, -0.2) is 0 Å². The van der Waals surface area contributed by atoms with Gasteiger partial charge in [-0.15, -0.1) is 0 Å². The Balaban J connectivity index is 1.97. The van der Waals surface area contributed by atoms with Crippen LogP contribution in [0.5, 0.6) is 0 Å². The molecule has 1 unspecified atom stereocenters. The van der Waals surface area contributed by atoms with E-state index in [1.165, 1.54) is 22.1 Å². The van der Waals surface area contributed by atoms with Crippen molar-refractivity contribution in [2.45, 2.75) is 26.3 Å². The average Bonchev–Trinajstić information content (AvgIpc) is 2.50. The van der Waals surface area contributed by atoms with Gasteiger partial charge in [-0.1, -0.05) is 48.0 Å². The molecule has 3 rings (SSSR count). The van der Waals surface area contributed by atoms with E-state index in [4.69, 9.17) is 5.73 Å². The summed E-state index contributed by atoms with van der Waals surface area (Å²) in [4.78, 5) is 4.53. The first kappa shape index (κ1) is 13.8. The molecular formula is C19H20N2. The van der Waals surface area contributed by atoms with Crippen LogP contribution in [0, 0.1) is 13.8 Å². The molecule has 0 bridgehead atoms. The fourth-order valence-electron chi connectivity index (χ4n) is 2.79. The highest BCUT2D eigenvalue weighted by atomic mass is 14.8. The number of hydrogen-bond donors (Lipinski definition) is 1. The number of pyridine rings is 1. The third-order valence-corrected chi connectivity index (χ3v) is 4.00. The number of aromatic nitrogens is 1. The third kappa shape index (κ3) is 2.81. The number of benzene rings is 2. The normalized spacial score (nSPS) is 12.5. The van der Waals surface area contributed by atoms with Gasteiger partial charge in [-0.2, -0.15) is 0 Å². The standard InChI is InChI=1S/C19H20N2/c1-13-7-8-14(2)16(11-13)12-18(20)19-17-6-4-3-5-15(17)9-10-21-19/h3-11,18H,12,20H2,1-2H3. The van der Waals surface area contributed by atoms with Gasteiger partial charge < -0.3 is 5.73 Å². The van der Waals surface area contributed by atoms with Crippen molar-refractivity contribution >= 4 is 10.8 Å². The van der Waals surface area contributed by atoms with Crippen LogP contribution < -0.4 is 5.73 Å². The van der Waals surface area contributed by atoms with Crippen molar-refractivity contribution in [3.8, 4) is 0 Å². The van der Waals surface area contributed by atoms with Crippen molar-refractivity contribution in [2.24, 2.45) is 5.73 Å². The quantitative estimate of drug-likeness (QED) is 0.782. The first-order valence-corrected chi connectivity index (χ1v) is 7.30. The van der Waals surface area contributed by atoms with E-state index >= 15 is 0 Å². The fraction of sp³-hybridized carbons (Fsp3) is 0.211. The number of nitrogens with two attached hydrogens (primary N) is 1. The molecule has 3 aromatic rings. The predicted molar refractivity (Wildman–Crippen MR) is 88.3 cm³/mol. The number of fused-ring (bicyclic) bond motifs is 1. The molecule has 2 heteroatoms. The van der Waals surface area contributed by atoms with Gasteiger partial charge in [0.2, 0.25) is 0 Å². The van der Waals surface area contributed by atoms with Crippen LogP contribution in [0.4, 0.5) is 0 Å². The molecule has 0 aliphatic heterocycles. The van der Waals surface area contributed by atoms with E-state index < -0.39 is 0 Å². The lowest BCUT2D eigenvalue weighted by molar-refractivity contribution is 0.701. The van der Waals surface area contributed by atoms with E-state index in [0.29, 0.717) is 0 Å². The summed E-state index contributed by atoms with van der Waals surface area (Å²) in [5, 5.41) is 2.34. The number of aryl methyl sites for hydroxylation is 2. The van der Waals surface area contributed by atoms with Gasteiger partial charge in [-0.3, -0.25) is 4.98 Å². The van der Waals surface area contributed by atoms with E-state index in [2.05, 4.69) is 49.2 Å². The molecule has 1 atom stereocenters. The summed E-state index contributed by atoms with van der Waals surface area (Å²) in [6.45, 7) is 4.25. The zero-order valence-corrected chi connectivity index (χ0v) is 12.5. The van der Waals surface area contributed by atoms with Crippen LogP contribution in [0.2, 0.25) is 0 Å². The monoisotopic (exact) mass is 276 g/mol. The summed E-state index contributed by atoms with van der Waals surface area (Å²) in [5.74, 6) is 0. The van der Waals surface area contributed by atoms with Crippen molar-refractivity contribution in [1.82, 2.24) is 4.98 Å². The highest BCUT2D eigenvalue weighted by molar-refractivity contribution is 5.84. The Bertz CT molecular complexity index is 772. The molecule has 0 aliphatic rings. The Labute approximate surface area is 125 Å². The van der Waals surface area contributed by atoms with Crippen LogP contribution in [0.15, 0.2) is 54.7 Å². The van der Waals surface area contributed by atoms with Gasteiger partial charge in [-0.05, 0) is 42.8 Å². The zero-order valence-electron chi connectivity index (χ0n) is 12.5. The Hall–Kier alpha value is -2.19. The highest BCUT2D eigenvalue weighted by Gasteiger charge is 2.13. The van der Waals surface area contributed by atoms with Crippen LogP contribution in [0.25, 0.3) is 10.8 Å². The Morgan fingerprint density at radius 1 is 1.05 bits per heavy atom. The van der Waals surface area contributed by atoms with E-state index in [-0.39, 0.29) is 6.04 Å². The summed E-state index contributed by atoms with van der Waals surface area (Å²) in [6.07, 6.45) is 2.66. The second-order valence-electron chi connectivity index (χ2n) is 5.66. The molecule has 2 nitrogen and oxygen atoms in total. The van der Waals surface area contributed by atoms with Gasteiger partial charge in [0.05, 0.1) is 11.7 Å². The second kappa shape index (κ2) is 5.66. The summed E-state index contributed by atoms with van der Waals surface area (Å²) in [6, 6.07) is 16.8. The Morgan fingerprint density at radius 2 is 1.86 bits per heavy atom. The smallest absolute Gasteiger partial charge is 0.0652 e. The molecule has 2 N–H and O–H groups in total. The lowest BCUT2D eigenvalue weighted by Gasteiger charge is -2.15. The van der Waals surface area contributed by atoms with Crippen molar-refractivity contribution in [3.63, 3.8) is 0 Å². The molecule has 21 heavy (non-hydrogen) atoms. The number of nitrogens with zero attached hydrogens (tertiary/aromatic N) is 1. The number of rotatable bonds is 3. The largest absolute Gasteiger partial charge is 0.322 e. The third-order valence-electron chi connectivity index (χ3n) is 4.00. The molecule has 106 valence electrons. The van der Waals surface area contributed by atoms with Crippen LogP contribution in [0.3, 0.4) is 0 Å². The maximum Gasteiger partial charge on any atom is 0.0652 e. The summed E-state index contributed by atoms with van der Waals surface area (Å²) in [5.41, 5.74) is 11.3. The predicted octanol–water partition coefficient (Wildman–Crippen LogP) is 4.09. The number of hydrogen-bond acceptors (Lipinski definition) is 2. The minimum Gasteiger partial charge on any atom is -0.322 e.